The van der Waals surface area contributed by atoms with Crippen LogP contribution in [0.4, 0.5) is 9.18 Å². The van der Waals surface area contributed by atoms with Crippen LogP contribution in [0.3, 0.4) is 0 Å². The third-order valence-corrected chi connectivity index (χ3v) is 5.99. The number of amides is 3. The summed E-state index contributed by atoms with van der Waals surface area (Å²) in [5.41, 5.74) is 0. The molecule has 2 fully saturated rings. The number of ether oxygens (including phenoxy) is 2. The number of alkyl halides is 1. The van der Waals surface area contributed by atoms with E-state index < -0.39 is 30.8 Å². The van der Waals surface area contributed by atoms with E-state index in [0.717, 1.165) is 32.1 Å². The van der Waals surface area contributed by atoms with Crippen LogP contribution >= 0.6 is 0 Å². The van der Waals surface area contributed by atoms with Crippen molar-refractivity contribution >= 4 is 17.7 Å². The van der Waals surface area contributed by atoms with Crippen molar-refractivity contribution in [2.45, 2.75) is 77.0 Å². The van der Waals surface area contributed by atoms with Crippen LogP contribution < -0.4 is 10.6 Å². The Morgan fingerprint density at radius 2 is 1.94 bits per heavy atom. The van der Waals surface area contributed by atoms with E-state index in [0.29, 0.717) is 38.6 Å². The Morgan fingerprint density at radius 1 is 1.19 bits per heavy atom. The van der Waals surface area contributed by atoms with Crippen LogP contribution in [-0.2, 0) is 19.1 Å². The van der Waals surface area contributed by atoms with E-state index in [2.05, 4.69) is 24.5 Å². The normalized spacial score (nSPS) is 23.5. The van der Waals surface area contributed by atoms with E-state index in [1.807, 2.05) is 0 Å². The number of morpholine rings is 1. The summed E-state index contributed by atoms with van der Waals surface area (Å²) in [6, 6.07) is -1.93. The maximum atomic E-state index is 13.2. The molecule has 3 amide bonds. The molecule has 2 unspecified atom stereocenters. The first-order valence-electron chi connectivity index (χ1n) is 11.6. The fourth-order valence-electron chi connectivity index (χ4n) is 4.22. The van der Waals surface area contributed by atoms with E-state index in [-0.39, 0.29) is 24.8 Å². The SMILES string of the molecule is CCCCC(CCC)C[C@H](NC(=O)N1CCOCC1)C(=O)NC1C(=O)CO[C@H]1CCF. The number of unbranched alkanes of at least 4 members (excludes halogenated alkanes) is 1. The second-order valence-corrected chi connectivity index (χ2v) is 8.41. The number of halogens is 1. The predicted octanol–water partition coefficient (Wildman–Crippen LogP) is 2.21. The van der Waals surface area contributed by atoms with Crippen molar-refractivity contribution in [2.75, 3.05) is 39.6 Å². The summed E-state index contributed by atoms with van der Waals surface area (Å²) in [5.74, 6) is -0.379. The summed E-state index contributed by atoms with van der Waals surface area (Å²) in [4.78, 5) is 39.7. The summed E-state index contributed by atoms with van der Waals surface area (Å²) in [6.07, 6.45) is 4.96. The summed E-state index contributed by atoms with van der Waals surface area (Å²) in [5, 5.41) is 5.62. The standard InChI is InChI=1S/C22H38FN3O5/c1-3-5-7-16(6-4-2)14-17(24-22(29)26-10-12-30-13-11-26)21(28)25-20-18(27)15-31-19(20)8-9-23/h16-17,19-20H,3-15H2,1-2H3,(H,24,29)(H,25,28)/t16?,17-,19-,20?/m0/s1. The van der Waals surface area contributed by atoms with Crippen LogP contribution in [0.25, 0.3) is 0 Å². The quantitative estimate of drug-likeness (QED) is 0.482. The Labute approximate surface area is 184 Å². The molecule has 2 rings (SSSR count). The third kappa shape index (κ3) is 8.03. The van der Waals surface area contributed by atoms with Gasteiger partial charge in [-0.25, -0.2) is 4.79 Å². The van der Waals surface area contributed by atoms with Crippen LogP contribution in [0.5, 0.6) is 0 Å². The number of Topliss-reactive ketones (excluding diaryl/α,β-unsaturated/α-hetero) is 1. The molecule has 0 spiro atoms. The number of nitrogens with one attached hydrogen (secondary N) is 2. The largest absolute Gasteiger partial charge is 0.378 e. The molecule has 31 heavy (non-hydrogen) atoms. The van der Waals surface area contributed by atoms with Gasteiger partial charge >= 0.3 is 6.03 Å². The molecule has 8 nitrogen and oxygen atoms in total. The van der Waals surface area contributed by atoms with Crippen molar-refractivity contribution in [1.29, 1.82) is 0 Å². The van der Waals surface area contributed by atoms with Crippen molar-refractivity contribution in [1.82, 2.24) is 15.5 Å². The van der Waals surface area contributed by atoms with Crippen LogP contribution in [0, 0.1) is 5.92 Å². The van der Waals surface area contributed by atoms with Gasteiger partial charge in [0.2, 0.25) is 5.91 Å². The Bertz CT molecular complexity index is 585. The molecular formula is C22H38FN3O5. The summed E-state index contributed by atoms with van der Waals surface area (Å²) in [6.45, 7) is 5.37. The molecule has 0 saturated carbocycles. The van der Waals surface area contributed by atoms with Crippen molar-refractivity contribution in [3.63, 3.8) is 0 Å². The molecule has 0 aromatic rings. The van der Waals surface area contributed by atoms with Gasteiger partial charge in [0.1, 0.15) is 18.7 Å². The number of rotatable bonds is 12. The van der Waals surface area contributed by atoms with E-state index in [1.165, 1.54) is 0 Å². The first-order valence-corrected chi connectivity index (χ1v) is 11.6. The molecule has 0 aromatic heterocycles. The summed E-state index contributed by atoms with van der Waals surface area (Å²) in [7, 11) is 0. The van der Waals surface area contributed by atoms with E-state index in [1.54, 1.807) is 4.90 Å². The van der Waals surface area contributed by atoms with Gasteiger partial charge in [-0.2, -0.15) is 0 Å². The fourth-order valence-corrected chi connectivity index (χ4v) is 4.22. The first-order chi connectivity index (χ1) is 15.0. The summed E-state index contributed by atoms with van der Waals surface area (Å²) >= 11 is 0. The third-order valence-electron chi connectivity index (χ3n) is 5.99. The zero-order valence-electron chi connectivity index (χ0n) is 18.9. The Morgan fingerprint density at radius 3 is 2.58 bits per heavy atom. The maximum Gasteiger partial charge on any atom is 0.318 e. The minimum atomic E-state index is -0.869. The van der Waals surface area contributed by atoms with Crippen LogP contribution in [0.1, 0.15) is 58.8 Å². The first kappa shape index (κ1) is 25.5. The molecular weight excluding hydrogens is 405 g/mol. The summed E-state index contributed by atoms with van der Waals surface area (Å²) < 4.78 is 23.4. The molecule has 178 valence electrons. The van der Waals surface area contributed by atoms with Gasteiger partial charge in [0, 0.05) is 19.5 Å². The average molecular weight is 444 g/mol. The maximum absolute atomic E-state index is 13.2. The second-order valence-electron chi connectivity index (χ2n) is 8.41. The van der Waals surface area contributed by atoms with E-state index >= 15 is 0 Å². The van der Waals surface area contributed by atoms with Gasteiger partial charge in [0.15, 0.2) is 5.78 Å². The minimum Gasteiger partial charge on any atom is -0.378 e. The molecule has 9 heteroatoms. The highest BCUT2D eigenvalue weighted by Gasteiger charge is 2.38. The van der Waals surface area contributed by atoms with Crippen LogP contribution in [-0.4, -0.2) is 80.4 Å². The van der Waals surface area contributed by atoms with E-state index in [9.17, 15) is 18.8 Å². The van der Waals surface area contributed by atoms with Crippen LogP contribution in [0.15, 0.2) is 0 Å². The van der Waals surface area contributed by atoms with Gasteiger partial charge in [-0.3, -0.25) is 14.0 Å². The van der Waals surface area contributed by atoms with Gasteiger partial charge in [-0.15, -0.1) is 0 Å². The highest BCUT2D eigenvalue weighted by atomic mass is 19.1. The lowest BCUT2D eigenvalue weighted by molar-refractivity contribution is -0.128. The molecule has 2 saturated heterocycles. The van der Waals surface area contributed by atoms with Gasteiger partial charge < -0.3 is 25.0 Å². The molecule has 0 radical (unpaired) electrons. The van der Waals surface area contributed by atoms with Crippen molar-refractivity contribution < 1.29 is 28.2 Å². The lowest BCUT2D eigenvalue weighted by atomic mass is 9.90. The Hall–Kier alpha value is -1.74. The smallest absolute Gasteiger partial charge is 0.318 e. The average Bonchev–Trinajstić information content (AvgIpc) is 3.11. The Balaban J connectivity index is 2.09. The molecule has 2 heterocycles. The van der Waals surface area contributed by atoms with Gasteiger partial charge in [-0.1, -0.05) is 46.0 Å². The van der Waals surface area contributed by atoms with Gasteiger partial charge in [0.25, 0.3) is 0 Å². The lowest BCUT2D eigenvalue weighted by Crippen LogP contribution is -2.57. The molecule has 2 aliphatic heterocycles. The lowest BCUT2D eigenvalue weighted by Gasteiger charge is -2.31. The highest BCUT2D eigenvalue weighted by Crippen LogP contribution is 2.22. The van der Waals surface area contributed by atoms with Crippen molar-refractivity contribution in [2.24, 2.45) is 5.92 Å². The molecule has 0 aliphatic carbocycles. The zero-order valence-corrected chi connectivity index (χ0v) is 18.9. The molecule has 4 atom stereocenters. The molecule has 2 N–H and O–H groups in total. The monoisotopic (exact) mass is 443 g/mol. The second kappa shape index (κ2) is 13.6. The van der Waals surface area contributed by atoms with Gasteiger partial charge in [0.05, 0.1) is 26.0 Å². The fraction of sp³-hybridized carbons (Fsp3) is 0.864. The zero-order chi connectivity index (χ0) is 22.6. The number of carbonyl (C=O) groups excluding carboxylic acids is 3. The number of nitrogens with zero attached hydrogens (tertiary/aromatic N) is 1. The minimum absolute atomic E-state index is 0.0520. The number of carbonyl (C=O) groups is 3. The predicted molar refractivity (Wildman–Crippen MR) is 115 cm³/mol. The van der Waals surface area contributed by atoms with E-state index in [4.69, 9.17) is 9.47 Å². The van der Waals surface area contributed by atoms with Crippen molar-refractivity contribution in [3.8, 4) is 0 Å². The number of hydrogen-bond donors (Lipinski definition) is 2. The van der Waals surface area contributed by atoms with Crippen molar-refractivity contribution in [3.05, 3.63) is 0 Å². The molecule has 0 aromatic carbocycles. The number of urea groups is 1. The Kier molecular flexibility index (Phi) is 11.2. The highest BCUT2D eigenvalue weighted by molar-refractivity contribution is 5.94. The number of hydrogen-bond acceptors (Lipinski definition) is 5. The van der Waals surface area contributed by atoms with Gasteiger partial charge in [-0.05, 0) is 12.3 Å². The topological polar surface area (TPSA) is 97.0 Å². The number of ketones is 1. The molecule has 0 bridgehead atoms. The van der Waals surface area contributed by atoms with Crippen LogP contribution in [0.2, 0.25) is 0 Å². The molecule has 2 aliphatic rings.